The number of hydrogen-bond donors (Lipinski definition) is 2. The molecule has 2 aromatic heterocycles. The van der Waals surface area contributed by atoms with Crippen molar-refractivity contribution in [2.45, 2.75) is 13.3 Å². The van der Waals surface area contributed by atoms with E-state index in [9.17, 15) is 18.4 Å². The summed E-state index contributed by atoms with van der Waals surface area (Å²) in [5.74, 6) is -2.06. The van der Waals surface area contributed by atoms with E-state index in [1.165, 1.54) is 59.5 Å². The van der Waals surface area contributed by atoms with Gasteiger partial charge < -0.3 is 20.5 Å². The van der Waals surface area contributed by atoms with Gasteiger partial charge in [0.15, 0.2) is 17.3 Å². The first-order chi connectivity index (χ1) is 17.8. The monoisotopic (exact) mass is 526 g/mol. The Hall–Kier alpha value is -4.44. The molecule has 190 valence electrons. The predicted molar refractivity (Wildman–Crippen MR) is 137 cm³/mol. The Morgan fingerprint density at radius 3 is 2.76 bits per heavy atom. The Balaban J connectivity index is 1.62. The van der Waals surface area contributed by atoms with Crippen LogP contribution >= 0.6 is 11.6 Å². The fourth-order valence-corrected chi connectivity index (χ4v) is 3.64. The number of aromatic nitrogens is 2. The van der Waals surface area contributed by atoms with Crippen LogP contribution in [0.1, 0.15) is 23.7 Å². The molecule has 0 bridgehead atoms. The third-order valence-electron chi connectivity index (χ3n) is 5.22. The molecule has 0 spiro atoms. The molecule has 2 heterocycles. The molecule has 0 atom stereocenters. The highest BCUT2D eigenvalue weighted by Gasteiger charge is 2.21. The molecule has 37 heavy (non-hydrogen) atoms. The zero-order chi connectivity index (χ0) is 26.5. The van der Waals surface area contributed by atoms with E-state index in [1.807, 2.05) is 0 Å². The Bertz CT molecular complexity index is 1510. The minimum Gasteiger partial charge on any atom is -0.493 e. The Morgan fingerprint density at radius 2 is 2.00 bits per heavy atom. The number of rotatable bonds is 7. The number of nitrogen functional groups attached to an aromatic ring is 1. The van der Waals surface area contributed by atoms with Crippen molar-refractivity contribution in [1.82, 2.24) is 9.55 Å². The smallest absolute Gasteiger partial charge is 0.271 e. The van der Waals surface area contributed by atoms with Crippen LogP contribution in [0.5, 0.6) is 17.2 Å². The van der Waals surface area contributed by atoms with E-state index in [1.54, 1.807) is 13.0 Å². The van der Waals surface area contributed by atoms with Crippen molar-refractivity contribution in [3.63, 3.8) is 0 Å². The van der Waals surface area contributed by atoms with Crippen LogP contribution in [0.15, 0.2) is 77.7 Å². The van der Waals surface area contributed by atoms with E-state index in [4.69, 9.17) is 26.8 Å². The first-order valence-electron chi connectivity index (χ1n) is 11.1. The second-order valence-corrected chi connectivity index (χ2v) is 8.07. The molecule has 8 nitrogen and oxygen atoms in total. The van der Waals surface area contributed by atoms with E-state index in [2.05, 4.69) is 10.3 Å². The first-order valence-corrected chi connectivity index (χ1v) is 11.5. The summed E-state index contributed by atoms with van der Waals surface area (Å²) in [5, 5.41) is 2.54. The van der Waals surface area contributed by atoms with Crippen LogP contribution < -0.4 is 26.1 Å². The van der Waals surface area contributed by atoms with Crippen molar-refractivity contribution in [3.8, 4) is 17.2 Å². The molecule has 0 saturated heterocycles. The number of allylic oxidation sites excluding steroid dienone is 6. The summed E-state index contributed by atoms with van der Waals surface area (Å²) >= 11 is 6.04. The maximum atomic E-state index is 14.8. The van der Waals surface area contributed by atoms with Crippen molar-refractivity contribution in [2.75, 3.05) is 17.7 Å². The molecule has 0 fully saturated rings. The standard InChI is InChI=1S/C26H21ClF2N4O4/c1-2-36-20-11-13-33(17-5-3-4-15(28)6-8-17)26(35)22(20)25(34)32-16-7-9-19(18(29)14-16)37-21-10-12-31-24(30)23(21)27/h3-4,6-14H,2,5H2,1H3,(H2,30,31)(H,32,34). The second kappa shape index (κ2) is 11.1. The van der Waals surface area contributed by atoms with Crippen LogP contribution in [0.3, 0.4) is 0 Å². The van der Waals surface area contributed by atoms with Gasteiger partial charge in [-0.2, -0.15) is 0 Å². The van der Waals surface area contributed by atoms with E-state index in [-0.39, 0.29) is 52.4 Å². The lowest BCUT2D eigenvalue weighted by atomic mass is 10.2. The largest absolute Gasteiger partial charge is 0.493 e. The molecule has 3 aromatic rings. The minimum absolute atomic E-state index is 0.0267. The third-order valence-corrected chi connectivity index (χ3v) is 5.60. The molecule has 1 amide bonds. The fourth-order valence-electron chi connectivity index (χ4n) is 3.49. The Kier molecular flexibility index (Phi) is 7.69. The topological polar surface area (TPSA) is 108 Å². The van der Waals surface area contributed by atoms with Crippen molar-refractivity contribution < 1.29 is 23.0 Å². The summed E-state index contributed by atoms with van der Waals surface area (Å²) in [7, 11) is 0. The van der Waals surface area contributed by atoms with E-state index < -0.39 is 23.1 Å². The normalized spacial score (nSPS) is 12.9. The summed E-state index contributed by atoms with van der Waals surface area (Å²) in [4.78, 5) is 30.3. The molecule has 1 aliphatic rings. The number of carbonyl (C=O) groups is 1. The fraction of sp³-hybridized carbons (Fsp3) is 0.115. The maximum absolute atomic E-state index is 14.8. The van der Waals surface area contributed by atoms with Crippen LogP contribution in [0.4, 0.5) is 20.3 Å². The molecule has 0 radical (unpaired) electrons. The summed E-state index contributed by atoms with van der Waals surface area (Å²) < 4.78 is 40.5. The Morgan fingerprint density at radius 1 is 1.19 bits per heavy atom. The van der Waals surface area contributed by atoms with Gasteiger partial charge >= 0.3 is 0 Å². The summed E-state index contributed by atoms with van der Waals surface area (Å²) in [6.07, 6.45) is 8.60. The van der Waals surface area contributed by atoms with Gasteiger partial charge in [-0.15, -0.1) is 0 Å². The molecule has 0 aliphatic heterocycles. The number of nitrogens with zero attached hydrogens (tertiary/aromatic N) is 2. The number of halogens is 3. The molecule has 0 saturated carbocycles. The highest BCUT2D eigenvalue weighted by atomic mass is 35.5. The maximum Gasteiger partial charge on any atom is 0.271 e. The highest BCUT2D eigenvalue weighted by molar-refractivity contribution is 6.34. The van der Waals surface area contributed by atoms with E-state index in [0.717, 1.165) is 6.07 Å². The van der Waals surface area contributed by atoms with Gasteiger partial charge in [0.25, 0.3) is 11.5 Å². The van der Waals surface area contributed by atoms with Gasteiger partial charge in [0.1, 0.15) is 28.0 Å². The molecule has 4 rings (SSSR count). The minimum atomic E-state index is -0.813. The lowest BCUT2D eigenvalue weighted by Crippen LogP contribution is -2.29. The summed E-state index contributed by atoms with van der Waals surface area (Å²) in [6, 6.07) is 6.60. The van der Waals surface area contributed by atoms with Crippen molar-refractivity contribution in [3.05, 3.63) is 99.6 Å². The number of carbonyl (C=O) groups excluding carboxylic acids is 1. The van der Waals surface area contributed by atoms with Crippen molar-refractivity contribution in [2.24, 2.45) is 0 Å². The number of benzene rings is 1. The molecule has 0 unspecified atom stereocenters. The number of hydrogen-bond acceptors (Lipinski definition) is 6. The number of anilines is 2. The van der Waals surface area contributed by atoms with Crippen molar-refractivity contribution in [1.29, 1.82) is 0 Å². The number of pyridine rings is 2. The second-order valence-electron chi connectivity index (χ2n) is 7.69. The highest BCUT2D eigenvalue weighted by Crippen LogP contribution is 2.34. The lowest BCUT2D eigenvalue weighted by molar-refractivity contribution is 0.102. The van der Waals surface area contributed by atoms with Crippen LogP contribution in [0.2, 0.25) is 5.02 Å². The van der Waals surface area contributed by atoms with E-state index >= 15 is 0 Å². The van der Waals surface area contributed by atoms with Gasteiger partial charge in [0.05, 0.1) is 6.61 Å². The van der Waals surface area contributed by atoms with Gasteiger partial charge in [-0.05, 0) is 43.4 Å². The summed E-state index contributed by atoms with van der Waals surface area (Å²) in [5.41, 5.74) is 5.19. The quantitative estimate of drug-likeness (QED) is 0.408. The van der Waals surface area contributed by atoms with E-state index in [0.29, 0.717) is 5.70 Å². The molecule has 1 aromatic carbocycles. The van der Waals surface area contributed by atoms with Crippen molar-refractivity contribution >= 4 is 34.7 Å². The SMILES string of the molecule is CCOc1ccn(C2=CC=C(F)C=CC2)c(=O)c1C(=O)Nc1ccc(Oc2ccnc(N)c2Cl)c(F)c1. The van der Waals surface area contributed by atoms with Crippen LogP contribution in [0, 0.1) is 5.82 Å². The third kappa shape index (κ3) is 5.70. The first kappa shape index (κ1) is 25.6. The predicted octanol–water partition coefficient (Wildman–Crippen LogP) is 5.72. The number of nitrogens with two attached hydrogens (primary N) is 1. The molecule has 1 aliphatic carbocycles. The molecular weight excluding hydrogens is 506 g/mol. The molecule has 11 heteroatoms. The van der Waals surface area contributed by atoms with Crippen LogP contribution in [-0.2, 0) is 0 Å². The number of amides is 1. The van der Waals surface area contributed by atoms with Gasteiger partial charge in [-0.1, -0.05) is 17.7 Å². The zero-order valence-corrected chi connectivity index (χ0v) is 20.3. The van der Waals surface area contributed by atoms with Crippen LogP contribution in [0.25, 0.3) is 5.70 Å². The molecule has 3 N–H and O–H groups in total. The van der Waals surface area contributed by atoms with Gasteiger partial charge in [0, 0.05) is 42.3 Å². The zero-order valence-electron chi connectivity index (χ0n) is 19.5. The van der Waals surface area contributed by atoms with Crippen LogP contribution in [-0.4, -0.2) is 22.1 Å². The number of nitrogens with one attached hydrogen (secondary N) is 1. The average Bonchev–Trinajstić information content (AvgIpc) is 3.08. The average molecular weight is 527 g/mol. The molecular formula is C26H21ClF2N4O4. The van der Waals surface area contributed by atoms with Gasteiger partial charge in [-0.3, -0.25) is 14.2 Å². The Labute approximate surface area is 215 Å². The van der Waals surface area contributed by atoms with Gasteiger partial charge in [-0.25, -0.2) is 13.8 Å². The number of ether oxygens (including phenoxy) is 2. The summed E-state index contributed by atoms with van der Waals surface area (Å²) in [6.45, 7) is 1.90. The van der Waals surface area contributed by atoms with Gasteiger partial charge in [0.2, 0.25) is 0 Å². The lowest BCUT2D eigenvalue weighted by Gasteiger charge is -2.15.